The van der Waals surface area contributed by atoms with E-state index in [4.69, 9.17) is 0 Å². The molecule has 0 aliphatic carbocycles. The van der Waals surface area contributed by atoms with Crippen LogP contribution in [0.4, 0.5) is 5.69 Å². The molecule has 0 spiro atoms. The molecule has 2 rings (SSSR count). The molecule has 2 aromatic rings. The van der Waals surface area contributed by atoms with E-state index in [1.165, 1.54) is 22.4 Å². The van der Waals surface area contributed by atoms with Gasteiger partial charge in [0.05, 0.1) is 0 Å². The first-order valence-electron chi connectivity index (χ1n) is 8.08. The lowest BCUT2D eigenvalue weighted by Crippen LogP contribution is -2.22. The predicted octanol–water partition coefficient (Wildman–Crippen LogP) is 5.01. The maximum atomic E-state index is 3.54. The van der Waals surface area contributed by atoms with Crippen LogP contribution in [-0.4, -0.2) is 18.0 Å². The van der Waals surface area contributed by atoms with E-state index in [0.29, 0.717) is 12.1 Å². The van der Waals surface area contributed by atoms with Crippen molar-refractivity contribution >= 4 is 5.69 Å². The second kappa shape index (κ2) is 7.46. The summed E-state index contributed by atoms with van der Waals surface area (Å²) in [5.41, 5.74) is 5.25. The third-order valence-corrected chi connectivity index (χ3v) is 4.12. The molecule has 0 bridgehead atoms. The van der Waals surface area contributed by atoms with Gasteiger partial charge in [0.1, 0.15) is 0 Å². The van der Waals surface area contributed by atoms with Crippen LogP contribution in [-0.2, 0) is 6.54 Å². The van der Waals surface area contributed by atoms with Gasteiger partial charge >= 0.3 is 0 Å². The zero-order valence-corrected chi connectivity index (χ0v) is 14.4. The van der Waals surface area contributed by atoms with Crippen LogP contribution in [0.5, 0.6) is 0 Å². The monoisotopic (exact) mass is 296 g/mol. The number of hydrogen-bond donors (Lipinski definition) is 1. The molecular formula is C20H28N2. The number of nitrogens with one attached hydrogen (secondary N) is 1. The molecule has 1 atom stereocenters. The van der Waals surface area contributed by atoms with E-state index >= 15 is 0 Å². The molecule has 0 amide bonds. The fourth-order valence-corrected chi connectivity index (χ4v) is 2.63. The van der Waals surface area contributed by atoms with Crippen molar-refractivity contribution in [3.8, 4) is 0 Å². The van der Waals surface area contributed by atoms with Gasteiger partial charge in [0.2, 0.25) is 0 Å². The van der Waals surface area contributed by atoms with Gasteiger partial charge in [-0.25, -0.2) is 0 Å². The van der Waals surface area contributed by atoms with Crippen LogP contribution in [0.2, 0.25) is 0 Å². The van der Waals surface area contributed by atoms with Gasteiger partial charge in [-0.05, 0) is 57.5 Å². The van der Waals surface area contributed by atoms with Gasteiger partial charge in [-0.1, -0.05) is 42.5 Å². The summed E-state index contributed by atoms with van der Waals surface area (Å²) in [7, 11) is 2.19. The van der Waals surface area contributed by atoms with E-state index < -0.39 is 0 Å². The molecule has 2 nitrogen and oxygen atoms in total. The lowest BCUT2D eigenvalue weighted by atomic mass is 10.0. The second-order valence-corrected chi connectivity index (χ2v) is 6.45. The number of rotatable bonds is 6. The number of nitrogens with zero attached hydrogens (tertiary/aromatic N) is 1. The largest absolute Gasteiger partial charge is 0.383 e. The Hall–Kier alpha value is -1.80. The summed E-state index contributed by atoms with van der Waals surface area (Å²) >= 11 is 0. The maximum absolute atomic E-state index is 3.54. The molecule has 0 aromatic heterocycles. The molecule has 0 radical (unpaired) electrons. The van der Waals surface area contributed by atoms with Crippen molar-refractivity contribution in [1.29, 1.82) is 0 Å². The molecule has 22 heavy (non-hydrogen) atoms. The third kappa shape index (κ3) is 4.35. The average molecular weight is 296 g/mol. The first kappa shape index (κ1) is 16.6. The molecular weight excluding hydrogens is 268 g/mol. The summed E-state index contributed by atoms with van der Waals surface area (Å²) in [5.74, 6) is 0. The Kier molecular flexibility index (Phi) is 5.62. The second-order valence-electron chi connectivity index (χ2n) is 6.45. The van der Waals surface area contributed by atoms with E-state index in [-0.39, 0.29) is 0 Å². The fraction of sp³-hybridized carbons (Fsp3) is 0.400. The van der Waals surface area contributed by atoms with E-state index in [1.807, 2.05) is 0 Å². The van der Waals surface area contributed by atoms with Gasteiger partial charge in [-0.3, -0.25) is 4.90 Å². The van der Waals surface area contributed by atoms with E-state index in [9.17, 15) is 0 Å². The Balaban J connectivity index is 2.12. The summed E-state index contributed by atoms with van der Waals surface area (Å²) in [6.07, 6.45) is 0. The Morgan fingerprint density at radius 3 is 2.32 bits per heavy atom. The molecule has 0 saturated carbocycles. The molecule has 0 saturated heterocycles. The zero-order chi connectivity index (χ0) is 16.1. The van der Waals surface area contributed by atoms with Gasteiger partial charge in [-0.15, -0.1) is 0 Å². The number of benzene rings is 2. The smallest absolute Gasteiger partial charge is 0.0375 e. The highest BCUT2D eigenvalue weighted by atomic mass is 15.1. The molecule has 2 aromatic carbocycles. The highest BCUT2D eigenvalue weighted by Gasteiger charge is 2.13. The highest BCUT2D eigenvalue weighted by molar-refractivity contribution is 5.53. The lowest BCUT2D eigenvalue weighted by molar-refractivity contribution is 0.253. The summed E-state index contributed by atoms with van der Waals surface area (Å²) in [6, 6.07) is 18.2. The SMILES string of the molecule is Cc1ccc([C@H](C)N(C)Cc2ccccc2)cc1NC(C)C. The van der Waals surface area contributed by atoms with Gasteiger partial charge < -0.3 is 5.32 Å². The van der Waals surface area contributed by atoms with Crippen LogP contribution in [0, 0.1) is 6.92 Å². The molecule has 1 N–H and O–H groups in total. The van der Waals surface area contributed by atoms with Gasteiger partial charge in [0, 0.05) is 24.3 Å². The minimum Gasteiger partial charge on any atom is -0.383 e. The average Bonchev–Trinajstić information content (AvgIpc) is 2.49. The van der Waals surface area contributed by atoms with Crippen molar-refractivity contribution in [2.24, 2.45) is 0 Å². The standard InChI is InChI=1S/C20H28N2/c1-15(2)21-20-13-19(12-11-16(20)3)17(4)22(5)14-18-9-7-6-8-10-18/h6-13,15,17,21H,14H2,1-5H3/t17-/m0/s1. The summed E-state index contributed by atoms with van der Waals surface area (Å²) in [6.45, 7) is 9.75. The van der Waals surface area contributed by atoms with Gasteiger partial charge in [0.15, 0.2) is 0 Å². The topological polar surface area (TPSA) is 15.3 Å². The van der Waals surface area contributed by atoms with Crippen LogP contribution in [0.3, 0.4) is 0 Å². The first-order valence-corrected chi connectivity index (χ1v) is 8.08. The molecule has 2 heteroatoms. The fourth-order valence-electron chi connectivity index (χ4n) is 2.63. The highest BCUT2D eigenvalue weighted by Crippen LogP contribution is 2.26. The van der Waals surface area contributed by atoms with Gasteiger partial charge in [0.25, 0.3) is 0 Å². The van der Waals surface area contributed by atoms with Crippen LogP contribution in [0.15, 0.2) is 48.5 Å². The van der Waals surface area contributed by atoms with Crippen molar-refractivity contribution in [2.75, 3.05) is 12.4 Å². The number of aryl methyl sites for hydroxylation is 1. The quantitative estimate of drug-likeness (QED) is 0.806. The Bertz CT molecular complexity index is 590. The molecule has 0 heterocycles. The normalized spacial score (nSPS) is 12.7. The van der Waals surface area contributed by atoms with Crippen molar-refractivity contribution in [3.05, 3.63) is 65.2 Å². The van der Waals surface area contributed by atoms with E-state index in [2.05, 4.69) is 93.5 Å². The third-order valence-electron chi connectivity index (χ3n) is 4.12. The molecule has 0 unspecified atom stereocenters. The predicted molar refractivity (Wildman–Crippen MR) is 96.3 cm³/mol. The molecule has 0 aliphatic rings. The Morgan fingerprint density at radius 1 is 1.00 bits per heavy atom. The van der Waals surface area contributed by atoms with Crippen LogP contribution in [0.25, 0.3) is 0 Å². The maximum Gasteiger partial charge on any atom is 0.0375 e. The summed E-state index contributed by atoms with van der Waals surface area (Å²) in [4.78, 5) is 2.39. The van der Waals surface area contributed by atoms with Crippen molar-refractivity contribution in [3.63, 3.8) is 0 Å². The van der Waals surface area contributed by atoms with Crippen molar-refractivity contribution in [2.45, 2.75) is 46.3 Å². The van der Waals surface area contributed by atoms with Crippen molar-refractivity contribution < 1.29 is 0 Å². The van der Waals surface area contributed by atoms with Gasteiger partial charge in [-0.2, -0.15) is 0 Å². The van der Waals surface area contributed by atoms with E-state index in [0.717, 1.165) is 6.54 Å². The number of hydrogen-bond acceptors (Lipinski definition) is 2. The van der Waals surface area contributed by atoms with E-state index in [1.54, 1.807) is 0 Å². The minimum absolute atomic E-state index is 0.383. The van der Waals surface area contributed by atoms with Crippen molar-refractivity contribution in [1.82, 2.24) is 4.90 Å². The lowest BCUT2D eigenvalue weighted by Gasteiger charge is -2.26. The van der Waals surface area contributed by atoms with Crippen LogP contribution >= 0.6 is 0 Å². The summed E-state index contributed by atoms with van der Waals surface area (Å²) in [5, 5.41) is 3.54. The Morgan fingerprint density at radius 2 is 1.68 bits per heavy atom. The first-order chi connectivity index (χ1) is 10.5. The minimum atomic E-state index is 0.383. The zero-order valence-electron chi connectivity index (χ0n) is 14.4. The molecule has 0 fully saturated rings. The summed E-state index contributed by atoms with van der Waals surface area (Å²) < 4.78 is 0. The molecule has 0 aliphatic heterocycles. The molecule has 118 valence electrons. The number of anilines is 1. The van der Waals surface area contributed by atoms with Crippen LogP contribution in [0.1, 0.15) is 43.5 Å². The van der Waals surface area contributed by atoms with Crippen LogP contribution < -0.4 is 5.32 Å². The Labute approximate surface area is 135 Å².